The Morgan fingerprint density at radius 2 is 1.85 bits per heavy atom. The van der Waals surface area contributed by atoms with Gasteiger partial charge in [-0.1, -0.05) is 19.3 Å². The summed E-state index contributed by atoms with van der Waals surface area (Å²) in [5.41, 5.74) is -0.328. The molecule has 0 aromatic carbocycles. The van der Waals surface area contributed by atoms with Gasteiger partial charge in [-0.3, -0.25) is 0 Å². The van der Waals surface area contributed by atoms with E-state index in [4.69, 9.17) is 10.2 Å². The third kappa shape index (κ3) is 5.28. The zero-order valence-corrected chi connectivity index (χ0v) is 13.3. The van der Waals surface area contributed by atoms with Crippen LogP contribution < -0.4 is 10.5 Å². The molecule has 2 fully saturated rings. The molecule has 0 aromatic heterocycles. The van der Waals surface area contributed by atoms with Crippen molar-refractivity contribution in [1.82, 2.24) is 5.32 Å². The molecule has 0 unspecified atom stereocenters. The zero-order chi connectivity index (χ0) is 15.6. The van der Waals surface area contributed by atoms with Gasteiger partial charge in [-0.2, -0.15) is 0 Å². The first-order valence-corrected chi connectivity index (χ1v) is 8.53. The van der Waals surface area contributed by atoms with E-state index in [1.807, 2.05) is 0 Å². The second-order valence-corrected chi connectivity index (χ2v) is 8.87. The van der Waals surface area contributed by atoms with Crippen LogP contribution in [0.2, 0.25) is 0 Å². The Balaban J connectivity index is 0.000000221. The quantitative estimate of drug-likeness (QED) is 0.741. The maximum Gasteiger partial charge on any atom is 0.405 e. The lowest BCUT2D eigenvalue weighted by atomic mass is 9.81. The van der Waals surface area contributed by atoms with Crippen LogP contribution in [0.1, 0.15) is 59.3 Å². The summed E-state index contributed by atoms with van der Waals surface area (Å²) in [7, 11) is -3.26. The average molecular weight is 306 g/mol. The summed E-state index contributed by atoms with van der Waals surface area (Å²) >= 11 is 0. The maximum atomic E-state index is 11.2. The first kappa shape index (κ1) is 17.2. The van der Waals surface area contributed by atoms with Crippen molar-refractivity contribution >= 4 is 16.1 Å². The Hall–Kier alpha value is -0.820. The van der Waals surface area contributed by atoms with Crippen molar-refractivity contribution in [2.45, 2.75) is 69.6 Å². The van der Waals surface area contributed by atoms with Crippen LogP contribution in [0.5, 0.6) is 0 Å². The van der Waals surface area contributed by atoms with E-state index in [0.717, 1.165) is 19.3 Å². The number of rotatable bonds is 3. The van der Waals surface area contributed by atoms with Crippen molar-refractivity contribution in [2.24, 2.45) is 11.1 Å². The van der Waals surface area contributed by atoms with Gasteiger partial charge >= 0.3 is 6.09 Å². The van der Waals surface area contributed by atoms with Crippen LogP contribution in [0.4, 0.5) is 4.79 Å². The molecule has 0 aromatic rings. The fraction of sp³-hybridized carbons (Fsp3) is 0.923. The lowest BCUT2D eigenvalue weighted by molar-refractivity contribution is 0.184. The van der Waals surface area contributed by atoms with Gasteiger partial charge in [-0.15, -0.1) is 0 Å². The molecule has 0 spiro atoms. The Labute approximate surface area is 121 Å². The van der Waals surface area contributed by atoms with E-state index >= 15 is 0 Å². The largest absolute Gasteiger partial charge is 0.465 e. The van der Waals surface area contributed by atoms with Gasteiger partial charge in [0.25, 0.3) is 0 Å². The third-order valence-corrected chi connectivity index (χ3v) is 5.56. The number of sulfonamides is 1. The number of nitrogens with one attached hydrogen (secondary N) is 1. The number of hydrogen-bond donors (Lipinski definition) is 3. The van der Waals surface area contributed by atoms with Crippen molar-refractivity contribution in [2.75, 3.05) is 0 Å². The molecule has 0 radical (unpaired) electrons. The Kier molecular flexibility index (Phi) is 5.08. The number of carbonyl (C=O) groups is 1. The fourth-order valence-electron chi connectivity index (χ4n) is 2.29. The van der Waals surface area contributed by atoms with E-state index in [-0.39, 0.29) is 5.54 Å². The van der Waals surface area contributed by atoms with Crippen LogP contribution in [0.25, 0.3) is 0 Å². The third-order valence-electron chi connectivity index (χ3n) is 3.78. The number of carboxylic acid groups (broad SMARTS) is 1. The smallest absolute Gasteiger partial charge is 0.405 e. The highest BCUT2D eigenvalue weighted by molar-refractivity contribution is 7.90. The molecule has 1 amide bonds. The van der Waals surface area contributed by atoms with Gasteiger partial charge < -0.3 is 10.4 Å². The molecular formula is C13H26N2O4S. The van der Waals surface area contributed by atoms with E-state index in [0.29, 0.717) is 5.92 Å². The average Bonchev–Trinajstić information content (AvgIpc) is 2.87. The fourth-order valence-corrected chi connectivity index (χ4v) is 3.43. The van der Waals surface area contributed by atoms with E-state index in [1.165, 1.54) is 19.3 Å². The molecule has 2 rings (SSSR count). The van der Waals surface area contributed by atoms with Gasteiger partial charge in [-0.25, -0.2) is 18.4 Å². The van der Waals surface area contributed by atoms with Gasteiger partial charge in [0.2, 0.25) is 10.0 Å². The monoisotopic (exact) mass is 306 g/mol. The van der Waals surface area contributed by atoms with Gasteiger partial charge in [0.1, 0.15) is 0 Å². The molecule has 0 bridgehead atoms. The Morgan fingerprint density at radius 3 is 2.00 bits per heavy atom. The van der Waals surface area contributed by atoms with E-state index in [1.54, 1.807) is 20.8 Å². The molecule has 2 aliphatic carbocycles. The molecular weight excluding hydrogens is 280 g/mol. The summed E-state index contributed by atoms with van der Waals surface area (Å²) < 4.78 is 21.8. The standard InChI is InChI=1S/C8H15NO2S.C5H11NO2/c9-12(10,11)8(4-5-8)6-7-2-1-3-7;1-5(2,3)6-4(7)8/h7H,1-6H2,(H2,9,10,11);6H,1-3H3,(H,7,8). The maximum absolute atomic E-state index is 11.2. The minimum absolute atomic E-state index is 0.328. The molecule has 0 saturated heterocycles. The van der Waals surface area contributed by atoms with Gasteiger partial charge in [0.15, 0.2) is 0 Å². The highest BCUT2D eigenvalue weighted by Gasteiger charge is 2.54. The van der Waals surface area contributed by atoms with Crippen molar-refractivity contribution in [3.05, 3.63) is 0 Å². The number of primary sulfonamides is 1. The zero-order valence-electron chi connectivity index (χ0n) is 12.5. The Bertz CT molecular complexity index is 445. The number of hydrogen-bond acceptors (Lipinski definition) is 3. The summed E-state index contributed by atoms with van der Waals surface area (Å²) in [6.07, 6.45) is 5.12. The summed E-state index contributed by atoms with van der Waals surface area (Å²) in [5, 5.41) is 15.6. The van der Waals surface area contributed by atoms with E-state index < -0.39 is 20.9 Å². The normalized spacial score (nSPS) is 21.2. The number of nitrogens with two attached hydrogens (primary N) is 1. The molecule has 0 aliphatic heterocycles. The second-order valence-electron chi connectivity index (χ2n) is 6.91. The van der Waals surface area contributed by atoms with Crippen LogP contribution in [0.3, 0.4) is 0 Å². The van der Waals surface area contributed by atoms with Crippen LogP contribution in [-0.2, 0) is 10.0 Å². The minimum Gasteiger partial charge on any atom is -0.465 e. The Morgan fingerprint density at radius 1 is 1.35 bits per heavy atom. The highest BCUT2D eigenvalue weighted by atomic mass is 32.2. The summed E-state index contributed by atoms with van der Waals surface area (Å²) in [5.74, 6) is 0.644. The van der Waals surface area contributed by atoms with E-state index in [9.17, 15) is 13.2 Å². The summed E-state index contributed by atoms with van der Waals surface area (Å²) in [6.45, 7) is 5.38. The lowest BCUT2D eigenvalue weighted by Gasteiger charge is -2.28. The molecule has 0 heterocycles. The van der Waals surface area contributed by atoms with Gasteiger partial charge in [0.05, 0.1) is 4.75 Å². The van der Waals surface area contributed by atoms with Crippen molar-refractivity contribution in [3.8, 4) is 0 Å². The minimum atomic E-state index is -3.26. The first-order chi connectivity index (χ1) is 8.95. The molecule has 2 aliphatic rings. The van der Waals surface area contributed by atoms with Gasteiger partial charge in [0, 0.05) is 5.54 Å². The second kappa shape index (κ2) is 5.89. The van der Waals surface area contributed by atoms with Crippen LogP contribution in [0, 0.1) is 5.92 Å². The SMILES string of the molecule is CC(C)(C)NC(=O)O.NS(=O)(=O)C1(CC2CCC2)CC1. The van der Waals surface area contributed by atoms with Crippen molar-refractivity contribution < 1.29 is 18.3 Å². The van der Waals surface area contributed by atoms with Crippen molar-refractivity contribution in [1.29, 1.82) is 0 Å². The molecule has 0 atom stereocenters. The first-order valence-electron chi connectivity index (χ1n) is 6.99. The lowest BCUT2D eigenvalue weighted by Crippen LogP contribution is -2.39. The van der Waals surface area contributed by atoms with Gasteiger partial charge in [-0.05, 0) is 46.0 Å². The van der Waals surface area contributed by atoms with E-state index in [2.05, 4.69) is 5.32 Å². The predicted molar refractivity (Wildman–Crippen MR) is 77.9 cm³/mol. The molecule has 2 saturated carbocycles. The molecule has 118 valence electrons. The van der Waals surface area contributed by atoms with Crippen LogP contribution in [-0.4, -0.2) is 29.9 Å². The molecule has 7 heteroatoms. The van der Waals surface area contributed by atoms with Crippen molar-refractivity contribution in [3.63, 3.8) is 0 Å². The van der Waals surface area contributed by atoms with Crippen LogP contribution >= 0.6 is 0 Å². The number of amides is 1. The summed E-state index contributed by atoms with van der Waals surface area (Å²) in [4.78, 5) is 9.90. The predicted octanol–water partition coefficient (Wildman–Crippen LogP) is 2.05. The summed E-state index contributed by atoms with van der Waals surface area (Å²) in [6, 6.07) is 0. The molecule has 6 nitrogen and oxygen atoms in total. The van der Waals surface area contributed by atoms with Crippen LogP contribution in [0.15, 0.2) is 0 Å². The topological polar surface area (TPSA) is 109 Å². The molecule has 4 N–H and O–H groups in total. The molecule has 20 heavy (non-hydrogen) atoms. The highest BCUT2D eigenvalue weighted by Crippen LogP contribution is 2.50.